The zero-order valence-corrected chi connectivity index (χ0v) is 23.0. The lowest BCUT2D eigenvalue weighted by molar-refractivity contribution is -0.282. The second kappa shape index (κ2) is 11.9. The Morgan fingerprint density at radius 1 is 0.784 bits per heavy atom. The van der Waals surface area contributed by atoms with Gasteiger partial charge in [-0.25, -0.2) is 4.79 Å². The van der Waals surface area contributed by atoms with Gasteiger partial charge in [0.2, 0.25) is 12.4 Å². The molecule has 1 aromatic carbocycles. The standard InChI is InChI=1S/C27H38O10/c1-15(28)33-20-21(34-16(2)29)23(35-17(3)30)25(37-22(20)24(31)32-9)36-19-12-10-18(11-13-19)27(7,8)14-26(4,5)6/h10-13,20-23,25H,14H2,1-9H3/t20-,21-,22-,23+,25+/m0/s1. The van der Waals surface area contributed by atoms with Crippen LogP contribution in [0.25, 0.3) is 0 Å². The number of rotatable bonds is 8. The molecule has 1 heterocycles. The Morgan fingerprint density at radius 2 is 1.27 bits per heavy atom. The molecule has 206 valence electrons. The number of carbonyl (C=O) groups excluding carboxylic acids is 4. The predicted molar refractivity (Wildman–Crippen MR) is 132 cm³/mol. The van der Waals surface area contributed by atoms with E-state index in [1.54, 1.807) is 12.1 Å². The Balaban J connectivity index is 2.43. The van der Waals surface area contributed by atoms with Crippen molar-refractivity contribution in [3.63, 3.8) is 0 Å². The van der Waals surface area contributed by atoms with Crippen LogP contribution in [0, 0.1) is 5.41 Å². The maximum Gasteiger partial charge on any atom is 0.339 e. The van der Waals surface area contributed by atoms with Crippen LogP contribution in [-0.4, -0.2) is 61.7 Å². The van der Waals surface area contributed by atoms with Gasteiger partial charge in [-0.05, 0) is 34.9 Å². The van der Waals surface area contributed by atoms with Crippen molar-refractivity contribution in [2.45, 2.75) is 97.9 Å². The van der Waals surface area contributed by atoms with E-state index in [9.17, 15) is 19.2 Å². The highest BCUT2D eigenvalue weighted by molar-refractivity contribution is 5.77. The molecule has 37 heavy (non-hydrogen) atoms. The summed E-state index contributed by atoms with van der Waals surface area (Å²) in [4.78, 5) is 48.2. The lowest BCUT2D eigenvalue weighted by Crippen LogP contribution is -2.64. The van der Waals surface area contributed by atoms with Gasteiger partial charge in [0.15, 0.2) is 18.3 Å². The van der Waals surface area contributed by atoms with E-state index in [1.165, 1.54) is 0 Å². The smallest absolute Gasteiger partial charge is 0.339 e. The highest BCUT2D eigenvalue weighted by Gasteiger charge is 2.55. The van der Waals surface area contributed by atoms with E-state index < -0.39 is 54.6 Å². The third kappa shape index (κ3) is 8.45. The molecule has 1 aliphatic heterocycles. The molecule has 0 aromatic heterocycles. The zero-order chi connectivity index (χ0) is 28.1. The Morgan fingerprint density at radius 3 is 1.73 bits per heavy atom. The number of carbonyl (C=O) groups is 4. The fourth-order valence-electron chi connectivity index (χ4n) is 4.72. The van der Waals surface area contributed by atoms with Gasteiger partial charge < -0.3 is 28.4 Å². The third-order valence-electron chi connectivity index (χ3n) is 5.69. The fraction of sp³-hybridized carbons (Fsp3) is 0.630. The molecule has 10 heteroatoms. The number of esters is 4. The van der Waals surface area contributed by atoms with Gasteiger partial charge in [0, 0.05) is 20.8 Å². The molecule has 0 saturated carbocycles. The van der Waals surface area contributed by atoms with Crippen molar-refractivity contribution in [2.75, 3.05) is 7.11 Å². The summed E-state index contributed by atoms with van der Waals surface area (Å²) in [6.45, 7) is 14.3. The van der Waals surface area contributed by atoms with Crippen LogP contribution >= 0.6 is 0 Å². The van der Waals surface area contributed by atoms with Crippen molar-refractivity contribution in [3.05, 3.63) is 29.8 Å². The fourth-order valence-corrected chi connectivity index (χ4v) is 4.72. The van der Waals surface area contributed by atoms with Gasteiger partial charge in [0.25, 0.3) is 0 Å². The zero-order valence-electron chi connectivity index (χ0n) is 23.0. The molecule has 2 rings (SSSR count). The summed E-state index contributed by atoms with van der Waals surface area (Å²) in [7, 11) is 1.13. The van der Waals surface area contributed by atoms with E-state index in [0.717, 1.165) is 39.9 Å². The van der Waals surface area contributed by atoms with Crippen LogP contribution in [-0.2, 0) is 48.3 Å². The van der Waals surface area contributed by atoms with Crippen molar-refractivity contribution in [1.82, 2.24) is 0 Å². The second-order valence-corrected chi connectivity index (χ2v) is 10.9. The van der Waals surface area contributed by atoms with Gasteiger partial charge in [-0.3, -0.25) is 14.4 Å². The second-order valence-electron chi connectivity index (χ2n) is 10.9. The normalized spacial score (nSPS) is 24.0. The molecule has 0 amide bonds. The van der Waals surface area contributed by atoms with Gasteiger partial charge >= 0.3 is 23.9 Å². The van der Waals surface area contributed by atoms with E-state index in [1.807, 2.05) is 12.1 Å². The number of hydrogen-bond acceptors (Lipinski definition) is 10. The largest absolute Gasteiger partial charge is 0.467 e. The van der Waals surface area contributed by atoms with Gasteiger partial charge in [-0.1, -0.05) is 46.8 Å². The van der Waals surface area contributed by atoms with Gasteiger partial charge in [-0.2, -0.15) is 0 Å². The molecule has 0 aliphatic carbocycles. The molecule has 1 saturated heterocycles. The van der Waals surface area contributed by atoms with E-state index in [2.05, 4.69) is 34.6 Å². The quantitative estimate of drug-likeness (QED) is 0.370. The van der Waals surface area contributed by atoms with Crippen LogP contribution in [0.4, 0.5) is 0 Å². The Hall–Kier alpha value is -3.14. The first-order valence-electron chi connectivity index (χ1n) is 12.1. The molecule has 0 radical (unpaired) electrons. The minimum absolute atomic E-state index is 0.105. The van der Waals surface area contributed by atoms with E-state index >= 15 is 0 Å². The monoisotopic (exact) mass is 522 g/mol. The molecule has 0 bridgehead atoms. The Kier molecular flexibility index (Phi) is 9.71. The molecular formula is C27H38O10. The van der Waals surface area contributed by atoms with Crippen molar-refractivity contribution in [1.29, 1.82) is 0 Å². The Bertz CT molecular complexity index is 976. The summed E-state index contributed by atoms with van der Waals surface area (Å²) in [5.74, 6) is -2.79. The summed E-state index contributed by atoms with van der Waals surface area (Å²) >= 11 is 0. The SMILES string of the molecule is COC(=O)[C@H]1O[C@@H](Oc2ccc(C(C)(C)CC(C)(C)C)cc2)[C@H](OC(C)=O)[C@@H](OC(C)=O)[C@@H]1OC(C)=O. The maximum atomic E-state index is 12.5. The summed E-state index contributed by atoms with van der Waals surface area (Å²) < 4.78 is 32.6. The summed E-state index contributed by atoms with van der Waals surface area (Å²) in [6.07, 6.45) is -6.17. The molecule has 1 aromatic rings. The van der Waals surface area contributed by atoms with Gasteiger partial charge in [0.1, 0.15) is 5.75 Å². The molecule has 10 nitrogen and oxygen atoms in total. The van der Waals surface area contributed by atoms with Crippen molar-refractivity contribution in [2.24, 2.45) is 5.41 Å². The summed E-state index contributed by atoms with van der Waals surface area (Å²) in [5.41, 5.74) is 1.11. The van der Waals surface area contributed by atoms with Crippen LogP contribution < -0.4 is 4.74 Å². The van der Waals surface area contributed by atoms with Crippen LogP contribution in [0.5, 0.6) is 5.75 Å². The van der Waals surface area contributed by atoms with Crippen molar-refractivity contribution in [3.8, 4) is 5.75 Å². The maximum absolute atomic E-state index is 12.5. The summed E-state index contributed by atoms with van der Waals surface area (Å²) in [5, 5.41) is 0. The number of ether oxygens (including phenoxy) is 6. The first-order valence-corrected chi connectivity index (χ1v) is 12.1. The average Bonchev–Trinajstić information content (AvgIpc) is 2.74. The van der Waals surface area contributed by atoms with Crippen LogP contribution in [0.3, 0.4) is 0 Å². The highest BCUT2D eigenvalue weighted by atomic mass is 16.7. The van der Waals surface area contributed by atoms with Gasteiger partial charge in [-0.15, -0.1) is 0 Å². The van der Waals surface area contributed by atoms with Crippen molar-refractivity contribution >= 4 is 23.9 Å². The molecule has 5 atom stereocenters. The number of hydrogen-bond donors (Lipinski definition) is 0. The van der Waals surface area contributed by atoms with Gasteiger partial charge in [0.05, 0.1) is 7.11 Å². The first kappa shape index (κ1) is 30.1. The molecular weight excluding hydrogens is 484 g/mol. The average molecular weight is 523 g/mol. The number of methoxy groups -OCH3 is 1. The summed E-state index contributed by atoms with van der Waals surface area (Å²) in [6, 6.07) is 7.32. The van der Waals surface area contributed by atoms with Crippen molar-refractivity contribution < 1.29 is 47.6 Å². The highest BCUT2D eigenvalue weighted by Crippen LogP contribution is 2.37. The number of benzene rings is 1. The molecule has 1 aliphatic rings. The predicted octanol–water partition coefficient (Wildman–Crippen LogP) is 3.47. The van der Waals surface area contributed by atoms with E-state index in [-0.39, 0.29) is 10.8 Å². The van der Waals surface area contributed by atoms with Crippen LogP contribution in [0.2, 0.25) is 0 Å². The molecule has 0 unspecified atom stereocenters. The lowest BCUT2D eigenvalue weighted by atomic mass is 9.72. The third-order valence-corrected chi connectivity index (χ3v) is 5.69. The van der Waals surface area contributed by atoms with Crippen LogP contribution in [0.1, 0.15) is 67.4 Å². The topological polar surface area (TPSA) is 124 Å². The van der Waals surface area contributed by atoms with E-state index in [4.69, 9.17) is 28.4 Å². The molecule has 0 N–H and O–H groups in total. The molecule has 1 fully saturated rings. The lowest BCUT2D eigenvalue weighted by Gasteiger charge is -2.43. The first-order chi connectivity index (χ1) is 17.0. The Labute approximate surface area is 217 Å². The minimum atomic E-state index is -1.51. The van der Waals surface area contributed by atoms with Crippen LogP contribution in [0.15, 0.2) is 24.3 Å². The molecule has 0 spiro atoms. The minimum Gasteiger partial charge on any atom is -0.467 e. The van der Waals surface area contributed by atoms with E-state index in [0.29, 0.717) is 5.75 Å².